The molecule has 1 aliphatic rings. The zero-order chi connectivity index (χ0) is 13.0. The van der Waals surface area contributed by atoms with Crippen molar-refractivity contribution in [2.75, 3.05) is 12.3 Å². The molecular weight excluding hydrogens is 270 g/mol. The van der Waals surface area contributed by atoms with Crippen LogP contribution >= 0.6 is 23.4 Å². The van der Waals surface area contributed by atoms with Crippen LogP contribution in [0.25, 0.3) is 0 Å². The minimum absolute atomic E-state index is 0.0151. The van der Waals surface area contributed by atoms with Crippen molar-refractivity contribution >= 4 is 29.3 Å². The summed E-state index contributed by atoms with van der Waals surface area (Å²) in [6.45, 7) is 0.666. The smallest absolute Gasteiger partial charge is 0.230 e. The van der Waals surface area contributed by atoms with Gasteiger partial charge in [0.15, 0.2) is 0 Å². The molecule has 0 unspecified atom stereocenters. The van der Waals surface area contributed by atoms with E-state index in [9.17, 15) is 4.79 Å². The maximum atomic E-state index is 11.6. The quantitative estimate of drug-likeness (QED) is 0.817. The SMILES string of the molecule is O=C(CSc1ccccc1Cl)NCC1CC(O)C1. The molecule has 1 aliphatic carbocycles. The van der Waals surface area contributed by atoms with Crippen molar-refractivity contribution in [2.45, 2.75) is 23.8 Å². The van der Waals surface area contributed by atoms with E-state index in [1.807, 2.05) is 24.3 Å². The summed E-state index contributed by atoms with van der Waals surface area (Å²) >= 11 is 7.44. The van der Waals surface area contributed by atoms with Crippen LogP contribution in [-0.2, 0) is 4.79 Å². The second-order valence-electron chi connectivity index (χ2n) is 4.51. The second-order valence-corrected chi connectivity index (χ2v) is 5.94. The molecule has 2 N–H and O–H groups in total. The summed E-state index contributed by atoms with van der Waals surface area (Å²) in [4.78, 5) is 12.5. The fourth-order valence-electron chi connectivity index (χ4n) is 1.88. The summed E-state index contributed by atoms with van der Waals surface area (Å²) in [6.07, 6.45) is 1.44. The number of hydrogen-bond donors (Lipinski definition) is 2. The van der Waals surface area contributed by atoms with Crippen LogP contribution in [0, 0.1) is 5.92 Å². The fourth-order valence-corrected chi connectivity index (χ4v) is 2.95. The third-order valence-corrected chi connectivity index (χ3v) is 4.51. The van der Waals surface area contributed by atoms with Gasteiger partial charge in [-0.1, -0.05) is 23.7 Å². The number of thioether (sulfide) groups is 1. The van der Waals surface area contributed by atoms with Gasteiger partial charge in [0, 0.05) is 11.4 Å². The van der Waals surface area contributed by atoms with Crippen molar-refractivity contribution in [1.29, 1.82) is 0 Å². The van der Waals surface area contributed by atoms with Gasteiger partial charge < -0.3 is 10.4 Å². The lowest BCUT2D eigenvalue weighted by molar-refractivity contribution is -0.119. The van der Waals surface area contributed by atoms with Gasteiger partial charge in [-0.25, -0.2) is 0 Å². The number of aliphatic hydroxyl groups excluding tert-OH is 1. The van der Waals surface area contributed by atoms with E-state index >= 15 is 0 Å². The standard InChI is InChI=1S/C13H16ClNO2S/c14-11-3-1-2-4-12(11)18-8-13(17)15-7-9-5-10(16)6-9/h1-4,9-10,16H,5-8H2,(H,15,17). The lowest BCUT2D eigenvalue weighted by atomic mass is 9.82. The van der Waals surface area contributed by atoms with E-state index < -0.39 is 0 Å². The summed E-state index contributed by atoms with van der Waals surface area (Å²) in [5.74, 6) is 0.828. The number of amides is 1. The lowest BCUT2D eigenvalue weighted by Gasteiger charge is -2.31. The van der Waals surface area contributed by atoms with Crippen LogP contribution in [0.4, 0.5) is 0 Å². The molecule has 0 spiro atoms. The number of hydrogen-bond acceptors (Lipinski definition) is 3. The van der Waals surface area contributed by atoms with E-state index in [2.05, 4.69) is 5.32 Å². The molecular formula is C13H16ClNO2S. The first kappa shape index (κ1) is 13.7. The normalized spacial score (nSPS) is 22.3. The Morgan fingerprint density at radius 2 is 2.17 bits per heavy atom. The first-order valence-electron chi connectivity index (χ1n) is 5.97. The van der Waals surface area contributed by atoms with E-state index in [0.717, 1.165) is 17.7 Å². The zero-order valence-electron chi connectivity index (χ0n) is 9.93. The highest BCUT2D eigenvalue weighted by atomic mass is 35.5. The monoisotopic (exact) mass is 285 g/mol. The zero-order valence-corrected chi connectivity index (χ0v) is 11.5. The lowest BCUT2D eigenvalue weighted by Crippen LogP contribution is -2.38. The number of rotatable bonds is 5. The number of carbonyl (C=O) groups is 1. The average molecular weight is 286 g/mol. The molecule has 18 heavy (non-hydrogen) atoms. The molecule has 1 fully saturated rings. The summed E-state index contributed by atoms with van der Waals surface area (Å²) < 4.78 is 0. The van der Waals surface area contributed by atoms with Gasteiger partial charge in [0.25, 0.3) is 0 Å². The van der Waals surface area contributed by atoms with Crippen LogP contribution in [0.5, 0.6) is 0 Å². The molecule has 3 nitrogen and oxygen atoms in total. The summed E-state index contributed by atoms with van der Waals surface area (Å²) in [5.41, 5.74) is 0. The van der Waals surface area contributed by atoms with E-state index in [1.165, 1.54) is 11.8 Å². The molecule has 0 radical (unpaired) electrons. The Balaban J connectivity index is 1.67. The third kappa shape index (κ3) is 3.90. The van der Waals surface area contributed by atoms with Crippen LogP contribution in [0.2, 0.25) is 5.02 Å². The van der Waals surface area contributed by atoms with E-state index in [0.29, 0.717) is 23.2 Å². The van der Waals surface area contributed by atoms with Gasteiger partial charge in [0.2, 0.25) is 5.91 Å². The van der Waals surface area contributed by atoms with Crippen LogP contribution < -0.4 is 5.32 Å². The molecule has 0 aromatic heterocycles. The van der Waals surface area contributed by atoms with Gasteiger partial charge in [0.05, 0.1) is 16.9 Å². The first-order valence-corrected chi connectivity index (χ1v) is 7.33. The highest BCUT2D eigenvalue weighted by Gasteiger charge is 2.27. The Labute approximate surface area is 116 Å². The molecule has 0 bridgehead atoms. The number of benzene rings is 1. The highest BCUT2D eigenvalue weighted by molar-refractivity contribution is 8.00. The molecule has 0 saturated heterocycles. The van der Waals surface area contributed by atoms with E-state index in [-0.39, 0.29) is 12.0 Å². The second kappa shape index (κ2) is 6.45. The predicted molar refractivity (Wildman–Crippen MR) is 73.9 cm³/mol. The van der Waals surface area contributed by atoms with Crippen molar-refractivity contribution in [3.8, 4) is 0 Å². The van der Waals surface area contributed by atoms with Crippen LogP contribution in [-0.4, -0.2) is 29.4 Å². The van der Waals surface area contributed by atoms with Gasteiger partial charge in [-0.15, -0.1) is 11.8 Å². The van der Waals surface area contributed by atoms with E-state index in [4.69, 9.17) is 16.7 Å². The Morgan fingerprint density at radius 3 is 2.83 bits per heavy atom. The minimum atomic E-state index is -0.163. The van der Waals surface area contributed by atoms with Crippen molar-refractivity contribution < 1.29 is 9.90 Å². The number of carbonyl (C=O) groups excluding carboxylic acids is 1. The molecule has 0 aliphatic heterocycles. The molecule has 1 aromatic carbocycles. The van der Waals surface area contributed by atoms with Crippen LogP contribution in [0.3, 0.4) is 0 Å². The third-order valence-electron chi connectivity index (χ3n) is 2.99. The van der Waals surface area contributed by atoms with Crippen LogP contribution in [0.1, 0.15) is 12.8 Å². The summed E-state index contributed by atoms with van der Waals surface area (Å²) in [7, 11) is 0. The average Bonchev–Trinajstić information content (AvgIpc) is 2.32. The Hall–Kier alpha value is -0.710. The molecule has 1 aromatic rings. The maximum Gasteiger partial charge on any atom is 0.230 e. The van der Waals surface area contributed by atoms with E-state index in [1.54, 1.807) is 0 Å². The van der Waals surface area contributed by atoms with Gasteiger partial charge in [-0.05, 0) is 30.9 Å². The Bertz CT molecular complexity index is 421. The molecule has 2 rings (SSSR count). The number of nitrogens with one attached hydrogen (secondary N) is 1. The number of aliphatic hydroxyl groups is 1. The highest BCUT2D eigenvalue weighted by Crippen LogP contribution is 2.27. The molecule has 98 valence electrons. The topological polar surface area (TPSA) is 49.3 Å². The number of halogens is 1. The van der Waals surface area contributed by atoms with Gasteiger partial charge in [-0.3, -0.25) is 4.79 Å². The van der Waals surface area contributed by atoms with Gasteiger partial charge >= 0.3 is 0 Å². The van der Waals surface area contributed by atoms with Crippen molar-refractivity contribution in [1.82, 2.24) is 5.32 Å². The molecule has 0 atom stereocenters. The predicted octanol–water partition coefficient (Wildman–Crippen LogP) is 2.32. The van der Waals surface area contributed by atoms with Gasteiger partial charge in [0.1, 0.15) is 0 Å². The molecule has 1 saturated carbocycles. The fraction of sp³-hybridized carbons (Fsp3) is 0.462. The Kier molecular flexibility index (Phi) is 4.92. The maximum absolute atomic E-state index is 11.6. The first-order chi connectivity index (χ1) is 8.65. The van der Waals surface area contributed by atoms with Crippen molar-refractivity contribution in [3.05, 3.63) is 29.3 Å². The van der Waals surface area contributed by atoms with Gasteiger partial charge in [-0.2, -0.15) is 0 Å². The van der Waals surface area contributed by atoms with Crippen molar-refractivity contribution in [2.24, 2.45) is 5.92 Å². The van der Waals surface area contributed by atoms with Crippen LogP contribution in [0.15, 0.2) is 29.2 Å². The largest absolute Gasteiger partial charge is 0.393 e. The summed E-state index contributed by atoms with van der Waals surface area (Å²) in [6, 6.07) is 7.50. The Morgan fingerprint density at radius 1 is 1.44 bits per heavy atom. The molecule has 5 heteroatoms. The minimum Gasteiger partial charge on any atom is -0.393 e. The van der Waals surface area contributed by atoms with Crippen molar-refractivity contribution in [3.63, 3.8) is 0 Å². The summed E-state index contributed by atoms with van der Waals surface area (Å²) in [5, 5.41) is 12.7. The molecule has 1 amide bonds. The molecule has 0 heterocycles.